The second-order valence-corrected chi connectivity index (χ2v) is 10.3. The lowest BCUT2D eigenvalue weighted by atomic mass is 9.94. The molecule has 3 aromatic rings. The van der Waals surface area contributed by atoms with Crippen LogP contribution >= 0.6 is 36.2 Å². The SMILES string of the molecule is Cc1cnc(NCCC2CCN(C)CC2)nc1-c1cc2c(C(=O)NC3CC3)cccc2s1.Cl.Cl. The summed E-state index contributed by atoms with van der Waals surface area (Å²) in [5.41, 5.74) is 2.73. The van der Waals surface area contributed by atoms with Gasteiger partial charge in [0.1, 0.15) is 0 Å². The lowest BCUT2D eigenvalue weighted by Gasteiger charge is -2.28. The fourth-order valence-electron chi connectivity index (χ4n) is 4.38. The maximum absolute atomic E-state index is 12.7. The number of hydrogen-bond acceptors (Lipinski definition) is 6. The zero-order valence-corrected chi connectivity index (χ0v) is 22.1. The molecule has 1 aliphatic heterocycles. The summed E-state index contributed by atoms with van der Waals surface area (Å²) in [4.78, 5) is 25.5. The van der Waals surface area contributed by atoms with Crippen LogP contribution in [0.4, 0.5) is 5.95 Å². The summed E-state index contributed by atoms with van der Waals surface area (Å²) in [6.45, 7) is 5.34. The summed E-state index contributed by atoms with van der Waals surface area (Å²) >= 11 is 1.68. The van der Waals surface area contributed by atoms with Crippen molar-refractivity contribution in [2.45, 2.75) is 45.1 Å². The summed E-state index contributed by atoms with van der Waals surface area (Å²) < 4.78 is 1.11. The van der Waals surface area contributed by atoms with Gasteiger partial charge in [-0.2, -0.15) is 0 Å². The van der Waals surface area contributed by atoms with E-state index in [-0.39, 0.29) is 30.7 Å². The highest BCUT2D eigenvalue weighted by molar-refractivity contribution is 7.22. The predicted octanol–water partition coefficient (Wildman–Crippen LogP) is 5.55. The molecule has 0 atom stereocenters. The monoisotopic (exact) mass is 521 g/mol. The van der Waals surface area contributed by atoms with Crippen LogP contribution in [0.1, 0.15) is 48.0 Å². The molecule has 1 saturated carbocycles. The number of fused-ring (bicyclic) bond motifs is 1. The molecule has 1 aliphatic carbocycles. The number of aromatic nitrogens is 2. The van der Waals surface area contributed by atoms with Gasteiger partial charge >= 0.3 is 0 Å². The molecule has 6 nitrogen and oxygen atoms in total. The topological polar surface area (TPSA) is 70.2 Å². The van der Waals surface area contributed by atoms with Crippen molar-refractivity contribution in [2.24, 2.45) is 5.92 Å². The van der Waals surface area contributed by atoms with Crippen molar-refractivity contribution in [2.75, 3.05) is 32.0 Å². The van der Waals surface area contributed by atoms with Crippen molar-refractivity contribution >= 4 is 58.1 Å². The van der Waals surface area contributed by atoms with E-state index in [0.29, 0.717) is 12.0 Å². The molecular formula is C25H33Cl2N5OS. The second-order valence-electron chi connectivity index (χ2n) is 9.26. The highest BCUT2D eigenvalue weighted by Crippen LogP contribution is 2.36. The van der Waals surface area contributed by atoms with Gasteiger partial charge in [-0.25, -0.2) is 9.97 Å². The van der Waals surface area contributed by atoms with Crippen molar-refractivity contribution in [3.05, 3.63) is 41.6 Å². The number of thiophene rings is 1. The van der Waals surface area contributed by atoms with Crippen LogP contribution in [0, 0.1) is 12.8 Å². The molecule has 2 aromatic heterocycles. The van der Waals surface area contributed by atoms with Crippen LogP contribution < -0.4 is 10.6 Å². The Kier molecular flexibility index (Phi) is 9.15. The van der Waals surface area contributed by atoms with Crippen LogP contribution in [0.15, 0.2) is 30.5 Å². The van der Waals surface area contributed by atoms with Crippen molar-refractivity contribution in [1.29, 1.82) is 0 Å². The molecule has 34 heavy (non-hydrogen) atoms. The molecule has 0 radical (unpaired) electrons. The number of rotatable bonds is 7. The third-order valence-corrected chi connectivity index (χ3v) is 7.70. The Morgan fingerprint density at radius 2 is 1.94 bits per heavy atom. The molecule has 5 rings (SSSR count). The van der Waals surface area contributed by atoms with Gasteiger partial charge in [0, 0.05) is 34.4 Å². The first-order valence-electron chi connectivity index (χ1n) is 11.7. The largest absolute Gasteiger partial charge is 0.354 e. The van der Waals surface area contributed by atoms with Crippen LogP contribution in [0.3, 0.4) is 0 Å². The van der Waals surface area contributed by atoms with E-state index in [1.807, 2.05) is 25.3 Å². The molecule has 184 valence electrons. The minimum Gasteiger partial charge on any atom is -0.354 e. The van der Waals surface area contributed by atoms with Crippen LogP contribution in [-0.2, 0) is 0 Å². The summed E-state index contributed by atoms with van der Waals surface area (Å²) in [5, 5.41) is 7.55. The molecule has 2 N–H and O–H groups in total. The Balaban J connectivity index is 0.00000162. The zero-order chi connectivity index (χ0) is 22.1. The minimum absolute atomic E-state index is 0. The first-order valence-corrected chi connectivity index (χ1v) is 12.5. The van der Waals surface area contributed by atoms with Gasteiger partial charge in [-0.15, -0.1) is 36.2 Å². The first-order chi connectivity index (χ1) is 15.6. The highest BCUT2D eigenvalue weighted by atomic mass is 35.5. The molecule has 2 aliphatic rings. The number of anilines is 1. The Morgan fingerprint density at radius 1 is 1.18 bits per heavy atom. The fourth-order valence-corrected chi connectivity index (χ4v) is 5.52. The number of likely N-dealkylation sites (tertiary alicyclic amines) is 1. The van der Waals surface area contributed by atoms with E-state index < -0.39 is 0 Å². The second kappa shape index (κ2) is 11.7. The van der Waals surface area contributed by atoms with Gasteiger partial charge in [-0.05, 0) is 88.8 Å². The number of aryl methyl sites for hydroxylation is 1. The Labute approximate surface area is 217 Å². The Hall–Kier alpha value is -1.93. The third-order valence-electron chi connectivity index (χ3n) is 6.60. The molecule has 1 amide bonds. The normalized spacial score (nSPS) is 16.5. The van der Waals surface area contributed by atoms with Gasteiger partial charge in [-0.3, -0.25) is 4.79 Å². The van der Waals surface area contributed by atoms with Crippen LogP contribution in [0.25, 0.3) is 20.7 Å². The fraction of sp³-hybridized carbons (Fsp3) is 0.480. The molecule has 0 unspecified atom stereocenters. The summed E-state index contributed by atoms with van der Waals surface area (Å²) in [6, 6.07) is 8.42. The van der Waals surface area contributed by atoms with Crippen molar-refractivity contribution < 1.29 is 4.79 Å². The lowest BCUT2D eigenvalue weighted by molar-refractivity contribution is 0.0953. The van der Waals surface area contributed by atoms with E-state index in [1.165, 1.54) is 25.9 Å². The average molecular weight is 523 g/mol. The van der Waals surface area contributed by atoms with E-state index in [4.69, 9.17) is 4.98 Å². The van der Waals surface area contributed by atoms with E-state index in [0.717, 1.165) is 63.5 Å². The third kappa shape index (κ3) is 6.19. The number of piperidine rings is 1. The van der Waals surface area contributed by atoms with E-state index in [1.54, 1.807) is 11.3 Å². The Morgan fingerprint density at radius 3 is 2.68 bits per heavy atom. The highest BCUT2D eigenvalue weighted by Gasteiger charge is 2.25. The number of benzene rings is 1. The summed E-state index contributed by atoms with van der Waals surface area (Å²) in [7, 11) is 2.20. The molecular weight excluding hydrogens is 489 g/mol. The van der Waals surface area contributed by atoms with Gasteiger partial charge in [0.15, 0.2) is 0 Å². The first kappa shape index (κ1) is 26.7. The van der Waals surface area contributed by atoms with Crippen LogP contribution in [0.5, 0.6) is 0 Å². The molecule has 0 spiro atoms. The molecule has 9 heteroatoms. The Bertz CT molecular complexity index is 1130. The summed E-state index contributed by atoms with van der Waals surface area (Å²) in [5.74, 6) is 1.49. The van der Waals surface area contributed by atoms with Gasteiger partial charge in [0.25, 0.3) is 5.91 Å². The maximum atomic E-state index is 12.7. The number of hydrogen-bond donors (Lipinski definition) is 2. The quantitative estimate of drug-likeness (QED) is 0.426. The predicted molar refractivity (Wildman–Crippen MR) is 146 cm³/mol. The van der Waals surface area contributed by atoms with E-state index >= 15 is 0 Å². The maximum Gasteiger partial charge on any atom is 0.252 e. The lowest BCUT2D eigenvalue weighted by Crippen LogP contribution is -2.30. The minimum atomic E-state index is 0. The number of nitrogens with one attached hydrogen (secondary N) is 2. The van der Waals surface area contributed by atoms with Crippen molar-refractivity contribution in [3.63, 3.8) is 0 Å². The molecule has 3 heterocycles. The summed E-state index contributed by atoms with van der Waals surface area (Å²) in [6.07, 6.45) is 7.77. The van der Waals surface area contributed by atoms with E-state index in [9.17, 15) is 4.79 Å². The van der Waals surface area contributed by atoms with Crippen LogP contribution in [0.2, 0.25) is 0 Å². The number of amides is 1. The molecule has 1 aromatic carbocycles. The number of nitrogens with zero attached hydrogens (tertiary/aromatic N) is 3. The molecule has 0 bridgehead atoms. The van der Waals surface area contributed by atoms with Gasteiger partial charge in [-0.1, -0.05) is 6.07 Å². The molecule has 1 saturated heterocycles. The number of carbonyl (C=O) groups is 1. The zero-order valence-electron chi connectivity index (χ0n) is 19.7. The van der Waals surface area contributed by atoms with Gasteiger partial charge in [0.2, 0.25) is 5.95 Å². The number of halogens is 2. The van der Waals surface area contributed by atoms with E-state index in [2.05, 4.69) is 39.7 Å². The van der Waals surface area contributed by atoms with Crippen molar-refractivity contribution in [3.8, 4) is 10.6 Å². The smallest absolute Gasteiger partial charge is 0.252 e. The molecule has 2 fully saturated rings. The average Bonchev–Trinajstić information content (AvgIpc) is 3.50. The van der Waals surface area contributed by atoms with Crippen molar-refractivity contribution in [1.82, 2.24) is 20.2 Å². The number of carbonyl (C=O) groups excluding carboxylic acids is 1. The van der Waals surface area contributed by atoms with Gasteiger partial charge in [0.05, 0.1) is 10.6 Å². The van der Waals surface area contributed by atoms with Crippen LogP contribution in [-0.4, -0.2) is 53.5 Å². The standard InChI is InChI=1S/C25H31N5OS.2ClH/c1-16-15-27-25(26-11-8-17-9-12-30(2)13-10-17)29-23(16)22-14-20-19(4-3-5-21(20)32-22)24(31)28-18-6-7-18;;/h3-5,14-15,17-18H,6-13H2,1-2H3,(H,28,31)(H,26,27,29);2*1H. The van der Waals surface area contributed by atoms with Gasteiger partial charge < -0.3 is 15.5 Å².